The fourth-order valence-corrected chi connectivity index (χ4v) is 3.51. The van der Waals surface area contributed by atoms with Gasteiger partial charge in [-0.3, -0.25) is 9.69 Å². The summed E-state index contributed by atoms with van der Waals surface area (Å²) in [5.74, 6) is -0.109. The van der Waals surface area contributed by atoms with Crippen LogP contribution in [0.25, 0.3) is 0 Å². The minimum Gasteiger partial charge on any atom is -0.290 e. The minimum absolute atomic E-state index is 0.109. The van der Waals surface area contributed by atoms with Crippen LogP contribution in [0.15, 0.2) is 40.8 Å². The third-order valence-corrected chi connectivity index (χ3v) is 4.92. The zero-order valence-corrected chi connectivity index (χ0v) is 13.5. The van der Waals surface area contributed by atoms with Crippen LogP contribution in [-0.2, 0) is 17.8 Å². The minimum atomic E-state index is -0.109. The van der Waals surface area contributed by atoms with E-state index in [0.29, 0.717) is 11.6 Å². The van der Waals surface area contributed by atoms with Crippen LogP contribution in [0, 0.1) is 0 Å². The van der Waals surface area contributed by atoms with Gasteiger partial charge in [-0.2, -0.15) is 5.10 Å². The molecular formula is C16H16ClN3OS. The van der Waals surface area contributed by atoms with Crippen LogP contribution >= 0.6 is 22.9 Å². The Labute approximate surface area is 138 Å². The normalized spacial score (nSPS) is 15.0. The van der Waals surface area contributed by atoms with Gasteiger partial charge in [0.05, 0.1) is 12.8 Å². The Morgan fingerprint density at radius 2 is 2.27 bits per heavy atom. The first-order chi connectivity index (χ1) is 10.7. The van der Waals surface area contributed by atoms with Gasteiger partial charge in [-0.1, -0.05) is 29.8 Å². The number of nitrogens with one attached hydrogen (secondary N) is 1. The molecule has 0 saturated carbocycles. The molecule has 4 nitrogen and oxygen atoms in total. The van der Waals surface area contributed by atoms with Gasteiger partial charge in [-0.25, -0.2) is 5.43 Å². The number of amides is 1. The molecule has 1 aliphatic heterocycles. The van der Waals surface area contributed by atoms with E-state index in [1.165, 1.54) is 10.4 Å². The van der Waals surface area contributed by atoms with Crippen LogP contribution in [0.1, 0.15) is 16.0 Å². The van der Waals surface area contributed by atoms with E-state index in [9.17, 15) is 4.79 Å². The number of hydrogen-bond donors (Lipinski definition) is 1. The summed E-state index contributed by atoms with van der Waals surface area (Å²) in [6.45, 7) is 2.10. The molecule has 3 rings (SSSR count). The number of halogens is 1. The summed E-state index contributed by atoms with van der Waals surface area (Å²) in [4.78, 5) is 15.5. The van der Waals surface area contributed by atoms with E-state index >= 15 is 0 Å². The second kappa shape index (κ2) is 7.05. The van der Waals surface area contributed by atoms with E-state index in [2.05, 4.69) is 26.9 Å². The van der Waals surface area contributed by atoms with Gasteiger partial charge in [-0.15, -0.1) is 11.3 Å². The molecule has 0 bridgehead atoms. The number of thiophene rings is 1. The molecule has 0 fully saturated rings. The highest BCUT2D eigenvalue weighted by Gasteiger charge is 2.18. The Kier molecular flexibility index (Phi) is 4.87. The van der Waals surface area contributed by atoms with E-state index < -0.39 is 0 Å². The van der Waals surface area contributed by atoms with Crippen molar-refractivity contribution in [3.63, 3.8) is 0 Å². The number of carbonyl (C=O) groups excluding carboxylic acids is 1. The van der Waals surface area contributed by atoms with Crippen molar-refractivity contribution in [3.8, 4) is 0 Å². The van der Waals surface area contributed by atoms with Crippen molar-refractivity contribution in [2.45, 2.75) is 13.0 Å². The quantitative estimate of drug-likeness (QED) is 0.690. The van der Waals surface area contributed by atoms with E-state index in [0.717, 1.165) is 25.1 Å². The zero-order chi connectivity index (χ0) is 15.4. The molecule has 1 aromatic heterocycles. The number of benzene rings is 1. The van der Waals surface area contributed by atoms with Crippen molar-refractivity contribution in [1.29, 1.82) is 0 Å². The lowest BCUT2D eigenvalue weighted by Gasteiger charge is -2.25. The molecule has 2 heterocycles. The number of fused-ring (bicyclic) bond motifs is 1. The largest absolute Gasteiger partial charge is 0.290 e. The lowest BCUT2D eigenvalue weighted by Crippen LogP contribution is -2.38. The Morgan fingerprint density at radius 1 is 1.41 bits per heavy atom. The van der Waals surface area contributed by atoms with Crippen LogP contribution in [0.5, 0.6) is 0 Å². The fourth-order valence-electron chi connectivity index (χ4n) is 2.43. The Balaban J connectivity index is 1.50. The van der Waals surface area contributed by atoms with Crippen molar-refractivity contribution in [2.75, 3.05) is 13.1 Å². The van der Waals surface area contributed by atoms with Crippen molar-refractivity contribution in [1.82, 2.24) is 10.3 Å². The van der Waals surface area contributed by atoms with Gasteiger partial charge in [0.2, 0.25) is 0 Å². The van der Waals surface area contributed by atoms with Crippen LogP contribution in [0.2, 0.25) is 5.02 Å². The van der Waals surface area contributed by atoms with Gasteiger partial charge in [0.1, 0.15) is 0 Å². The van der Waals surface area contributed by atoms with Crippen LogP contribution < -0.4 is 5.43 Å². The van der Waals surface area contributed by atoms with E-state index in [4.69, 9.17) is 11.6 Å². The van der Waals surface area contributed by atoms with E-state index in [1.807, 2.05) is 18.2 Å². The summed E-state index contributed by atoms with van der Waals surface area (Å²) in [7, 11) is 0. The topological polar surface area (TPSA) is 44.7 Å². The Hall–Kier alpha value is -1.69. The fraction of sp³-hybridized carbons (Fsp3) is 0.250. The molecule has 0 saturated heterocycles. The molecule has 2 aromatic rings. The summed E-state index contributed by atoms with van der Waals surface area (Å²) >= 11 is 7.82. The highest BCUT2D eigenvalue weighted by Crippen LogP contribution is 2.23. The Morgan fingerprint density at radius 3 is 3.14 bits per heavy atom. The first kappa shape index (κ1) is 15.2. The van der Waals surface area contributed by atoms with Crippen LogP contribution in [0.4, 0.5) is 0 Å². The summed E-state index contributed by atoms with van der Waals surface area (Å²) < 4.78 is 0. The number of rotatable bonds is 4. The van der Waals surface area contributed by atoms with Gasteiger partial charge in [-0.05, 0) is 29.5 Å². The molecule has 1 aromatic carbocycles. The Bertz CT molecular complexity index is 698. The van der Waals surface area contributed by atoms with Crippen molar-refractivity contribution >= 4 is 35.1 Å². The van der Waals surface area contributed by atoms with E-state index in [-0.39, 0.29) is 5.91 Å². The second-order valence-corrected chi connectivity index (χ2v) is 6.55. The standard InChI is InChI=1S/C16H16ClN3OS/c17-14-4-2-1-3-12(14)9-18-19-16(21)11-20-7-5-15-13(10-20)6-8-22-15/h1-4,6,8-9H,5,7,10-11H2,(H,19,21)/b18-9+. The second-order valence-electron chi connectivity index (χ2n) is 5.14. The molecule has 22 heavy (non-hydrogen) atoms. The molecule has 1 aliphatic rings. The molecule has 0 aliphatic carbocycles. The average molecular weight is 334 g/mol. The summed E-state index contributed by atoms with van der Waals surface area (Å²) in [6.07, 6.45) is 2.58. The molecule has 0 spiro atoms. The van der Waals surface area contributed by atoms with Crippen LogP contribution in [0.3, 0.4) is 0 Å². The molecular weight excluding hydrogens is 318 g/mol. The van der Waals surface area contributed by atoms with Crippen molar-refractivity contribution in [3.05, 3.63) is 56.7 Å². The zero-order valence-electron chi connectivity index (χ0n) is 12.0. The van der Waals surface area contributed by atoms with Crippen LogP contribution in [-0.4, -0.2) is 30.1 Å². The number of hydrazone groups is 1. The summed E-state index contributed by atoms with van der Waals surface area (Å²) in [5, 5.41) is 6.69. The van der Waals surface area contributed by atoms with Gasteiger partial charge < -0.3 is 0 Å². The van der Waals surface area contributed by atoms with Crippen molar-refractivity contribution in [2.24, 2.45) is 5.10 Å². The maximum Gasteiger partial charge on any atom is 0.254 e. The number of hydrogen-bond acceptors (Lipinski definition) is 4. The highest BCUT2D eigenvalue weighted by atomic mass is 35.5. The van der Waals surface area contributed by atoms with Gasteiger partial charge in [0, 0.05) is 28.6 Å². The molecule has 1 amide bonds. The van der Waals surface area contributed by atoms with Gasteiger partial charge in [0.25, 0.3) is 5.91 Å². The maximum atomic E-state index is 11.9. The number of nitrogens with zero attached hydrogens (tertiary/aromatic N) is 2. The third-order valence-electron chi connectivity index (χ3n) is 3.55. The molecule has 114 valence electrons. The molecule has 1 N–H and O–H groups in total. The molecule has 6 heteroatoms. The summed E-state index contributed by atoms with van der Waals surface area (Å²) in [6, 6.07) is 9.51. The first-order valence-corrected chi connectivity index (χ1v) is 8.32. The maximum absolute atomic E-state index is 11.9. The van der Waals surface area contributed by atoms with E-state index in [1.54, 1.807) is 23.6 Å². The highest BCUT2D eigenvalue weighted by molar-refractivity contribution is 7.10. The molecule has 0 atom stereocenters. The monoisotopic (exact) mass is 333 g/mol. The van der Waals surface area contributed by atoms with Gasteiger partial charge >= 0.3 is 0 Å². The lowest BCUT2D eigenvalue weighted by atomic mass is 10.1. The molecule has 0 radical (unpaired) electrons. The average Bonchev–Trinajstić information content (AvgIpc) is 2.97. The SMILES string of the molecule is O=C(CN1CCc2sccc2C1)N/N=C/c1ccccc1Cl. The number of carbonyl (C=O) groups is 1. The van der Waals surface area contributed by atoms with Gasteiger partial charge in [0.15, 0.2) is 0 Å². The predicted octanol–water partition coefficient (Wildman–Crippen LogP) is 2.91. The predicted molar refractivity (Wildman–Crippen MR) is 90.5 cm³/mol. The smallest absolute Gasteiger partial charge is 0.254 e. The first-order valence-electron chi connectivity index (χ1n) is 7.06. The summed E-state index contributed by atoms with van der Waals surface area (Å²) in [5.41, 5.74) is 4.68. The molecule has 0 unspecified atom stereocenters. The third kappa shape index (κ3) is 3.74. The van der Waals surface area contributed by atoms with Crippen molar-refractivity contribution < 1.29 is 4.79 Å². The lowest BCUT2D eigenvalue weighted by molar-refractivity contribution is -0.122.